The van der Waals surface area contributed by atoms with Crippen molar-refractivity contribution in [2.75, 3.05) is 26.3 Å². The van der Waals surface area contributed by atoms with Crippen LogP contribution in [0.3, 0.4) is 0 Å². The molecule has 4 nitrogen and oxygen atoms in total. The minimum Gasteiger partial charge on any atom is -0.347 e. The molecule has 2 heterocycles. The quantitative estimate of drug-likeness (QED) is 0.815. The molecule has 1 unspecified atom stereocenters. The largest absolute Gasteiger partial charge is 0.347 e. The fourth-order valence-electron chi connectivity index (χ4n) is 2.91. The number of piperidine rings is 1. The molecule has 4 heteroatoms. The van der Waals surface area contributed by atoms with Gasteiger partial charge in [-0.3, -0.25) is 4.90 Å². The van der Waals surface area contributed by atoms with Gasteiger partial charge in [-0.2, -0.15) is 5.26 Å². The van der Waals surface area contributed by atoms with Gasteiger partial charge in [0, 0.05) is 25.9 Å². The Morgan fingerprint density at radius 2 is 1.74 bits per heavy atom. The van der Waals surface area contributed by atoms with Crippen molar-refractivity contribution in [1.29, 1.82) is 5.26 Å². The second-order valence-electron chi connectivity index (χ2n) is 5.09. The summed E-state index contributed by atoms with van der Waals surface area (Å²) in [5.41, 5.74) is 1.06. The molecule has 2 aliphatic heterocycles. The van der Waals surface area contributed by atoms with Crippen LogP contribution in [-0.4, -0.2) is 37.0 Å². The minimum atomic E-state index is -0.368. The highest BCUT2D eigenvalue weighted by molar-refractivity contribution is 5.24. The molecule has 2 fully saturated rings. The average Bonchev–Trinajstić information content (AvgIpc) is 2.92. The maximum Gasteiger partial charge on any atom is 0.170 e. The lowest BCUT2D eigenvalue weighted by Crippen LogP contribution is -2.46. The van der Waals surface area contributed by atoms with Crippen molar-refractivity contribution in [1.82, 2.24) is 4.90 Å². The zero-order valence-corrected chi connectivity index (χ0v) is 10.9. The van der Waals surface area contributed by atoms with Gasteiger partial charge in [0.05, 0.1) is 19.3 Å². The third-order valence-electron chi connectivity index (χ3n) is 3.98. The highest BCUT2D eigenvalue weighted by Gasteiger charge is 2.41. The molecule has 1 aromatic carbocycles. The van der Waals surface area contributed by atoms with E-state index in [2.05, 4.69) is 11.0 Å². The first-order chi connectivity index (χ1) is 9.33. The van der Waals surface area contributed by atoms with Crippen LogP contribution in [0, 0.1) is 11.3 Å². The highest BCUT2D eigenvalue weighted by Crippen LogP contribution is 2.34. The molecule has 0 N–H and O–H groups in total. The van der Waals surface area contributed by atoms with Crippen molar-refractivity contribution < 1.29 is 9.47 Å². The topological polar surface area (TPSA) is 45.5 Å². The molecule has 100 valence electrons. The molecule has 0 saturated carbocycles. The normalized spacial score (nSPS) is 24.2. The second-order valence-corrected chi connectivity index (χ2v) is 5.09. The van der Waals surface area contributed by atoms with Crippen molar-refractivity contribution >= 4 is 0 Å². The van der Waals surface area contributed by atoms with Gasteiger partial charge in [-0.15, -0.1) is 0 Å². The van der Waals surface area contributed by atoms with Crippen LogP contribution in [0.15, 0.2) is 30.3 Å². The number of likely N-dealkylation sites (tertiary alicyclic amines) is 1. The summed E-state index contributed by atoms with van der Waals surface area (Å²) < 4.78 is 11.4. The smallest absolute Gasteiger partial charge is 0.170 e. The SMILES string of the molecule is N#CC(c1ccccc1)N1CCC2(CC1)OCCO2. The van der Waals surface area contributed by atoms with Crippen LogP contribution >= 0.6 is 0 Å². The van der Waals surface area contributed by atoms with Crippen LogP contribution in [0.2, 0.25) is 0 Å². The van der Waals surface area contributed by atoms with Crippen LogP contribution in [0.5, 0.6) is 0 Å². The first-order valence-electron chi connectivity index (χ1n) is 6.80. The van der Waals surface area contributed by atoms with E-state index in [1.807, 2.05) is 30.3 Å². The summed E-state index contributed by atoms with van der Waals surface area (Å²) in [4.78, 5) is 2.21. The lowest BCUT2D eigenvalue weighted by molar-refractivity contribution is -0.186. The Bertz CT molecular complexity index is 453. The fourth-order valence-corrected chi connectivity index (χ4v) is 2.91. The maximum atomic E-state index is 9.43. The Labute approximate surface area is 113 Å². The lowest BCUT2D eigenvalue weighted by Gasteiger charge is -2.39. The van der Waals surface area contributed by atoms with E-state index in [0.717, 1.165) is 31.5 Å². The summed E-state index contributed by atoms with van der Waals surface area (Å²) in [6.07, 6.45) is 1.69. The third-order valence-corrected chi connectivity index (χ3v) is 3.98. The Kier molecular flexibility index (Phi) is 3.52. The number of nitrogens with zero attached hydrogens (tertiary/aromatic N) is 2. The lowest BCUT2D eigenvalue weighted by atomic mass is 9.99. The predicted octanol–water partition coefficient (Wildman–Crippen LogP) is 2.09. The van der Waals surface area contributed by atoms with E-state index in [0.29, 0.717) is 13.2 Å². The molecule has 0 amide bonds. The van der Waals surface area contributed by atoms with E-state index < -0.39 is 0 Å². The molecule has 19 heavy (non-hydrogen) atoms. The molecule has 1 spiro atoms. The first-order valence-corrected chi connectivity index (χ1v) is 6.80. The van der Waals surface area contributed by atoms with E-state index >= 15 is 0 Å². The third kappa shape index (κ3) is 2.50. The Balaban J connectivity index is 1.68. The van der Waals surface area contributed by atoms with Gasteiger partial charge in [-0.1, -0.05) is 30.3 Å². The Morgan fingerprint density at radius 3 is 2.32 bits per heavy atom. The molecule has 0 bridgehead atoms. The van der Waals surface area contributed by atoms with Crippen molar-refractivity contribution in [3.8, 4) is 6.07 Å². The van der Waals surface area contributed by atoms with Crippen LogP contribution in [-0.2, 0) is 9.47 Å². The van der Waals surface area contributed by atoms with Crippen molar-refractivity contribution in [3.63, 3.8) is 0 Å². The molecule has 0 aliphatic carbocycles. The maximum absolute atomic E-state index is 9.43. The van der Waals surface area contributed by atoms with Gasteiger partial charge in [0.2, 0.25) is 0 Å². The molecule has 3 rings (SSSR count). The first kappa shape index (κ1) is 12.6. The molecule has 1 aromatic rings. The van der Waals surface area contributed by atoms with Gasteiger partial charge < -0.3 is 9.47 Å². The average molecular weight is 258 g/mol. The molecule has 2 aliphatic rings. The van der Waals surface area contributed by atoms with Crippen LogP contribution in [0.25, 0.3) is 0 Å². The summed E-state index contributed by atoms with van der Waals surface area (Å²) in [5.74, 6) is -0.368. The summed E-state index contributed by atoms with van der Waals surface area (Å²) in [6, 6.07) is 12.2. The van der Waals surface area contributed by atoms with Crippen LogP contribution in [0.1, 0.15) is 24.4 Å². The van der Waals surface area contributed by atoms with E-state index in [-0.39, 0.29) is 11.8 Å². The van der Waals surface area contributed by atoms with Crippen LogP contribution < -0.4 is 0 Å². The summed E-state index contributed by atoms with van der Waals surface area (Å²) in [6.45, 7) is 3.07. The summed E-state index contributed by atoms with van der Waals surface area (Å²) in [5, 5.41) is 9.43. The number of ether oxygens (including phenoxy) is 2. The second kappa shape index (κ2) is 5.30. The van der Waals surface area contributed by atoms with Crippen LogP contribution in [0.4, 0.5) is 0 Å². The standard InChI is InChI=1S/C15H18N2O2/c16-12-14(13-4-2-1-3-5-13)17-8-6-15(7-9-17)18-10-11-19-15/h1-5,14H,6-11H2. The van der Waals surface area contributed by atoms with Gasteiger partial charge in [-0.25, -0.2) is 0 Å². The number of nitriles is 1. The van der Waals surface area contributed by atoms with Gasteiger partial charge in [-0.05, 0) is 5.56 Å². The van der Waals surface area contributed by atoms with E-state index in [1.165, 1.54) is 0 Å². The van der Waals surface area contributed by atoms with Gasteiger partial charge >= 0.3 is 0 Å². The predicted molar refractivity (Wildman–Crippen MR) is 70.2 cm³/mol. The van der Waals surface area contributed by atoms with Crippen molar-refractivity contribution in [3.05, 3.63) is 35.9 Å². The number of hydrogen-bond acceptors (Lipinski definition) is 4. The number of benzene rings is 1. The Morgan fingerprint density at radius 1 is 1.11 bits per heavy atom. The van der Waals surface area contributed by atoms with Gasteiger partial charge in [0.15, 0.2) is 5.79 Å². The van der Waals surface area contributed by atoms with E-state index in [4.69, 9.17) is 9.47 Å². The highest BCUT2D eigenvalue weighted by atomic mass is 16.7. The Hall–Kier alpha value is -1.41. The van der Waals surface area contributed by atoms with Crippen molar-refractivity contribution in [2.24, 2.45) is 0 Å². The van der Waals surface area contributed by atoms with Gasteiger partial charge in [0.25, 0.3) is 0 Å². The monoisotopic (exact) mass is 258 g/mol. The molecule has 0 radical (unpaired) electrons. The zero-order chi connectivity index (χ0) is 13.1. The van der Waals surface area contributed by atoms with Crippen molar-refractivity contribution in [2.45, 2.75) is 24.7 Å². The summed E-state index contributed by atoms with van der Waals surface area (Å²) >= 11 is 0. The fraction of sp³-hybridized carbons (Fsp3) is 0.533. The minimum absolute atomic E-state index is 0.167. The molecule has 2 saturated heterocycles. The number of rotatable bonds is 2. The van der Waals surface area contributed by atoms with Gasteiger partial charge in [0.1, 0.15) is 6.04 Å². The molecular weight excluding hydrogens is 240 g/mol. The van der Waals surface area contributed by atoms with E-state index in [9.17, 15) is 5.26 Å². The molecule has 0 aromatic heterocycles. The number of hydrogen-bond donors (Lipinski definition) is 0. The van der Waals surface area contributed by atoms with E-state index in [1.54, 1.807) is 0 Å². The zero-order valence-electron chi connectivity index (χ0n) is 10.9. The molecular formula is C15H18N2O2. The molecule has 1 atom stereocenters. The summed E-state index contributed by atoms with van der Waals surface area (Å²) in [7, 11) is 0.